The number of phenolic OH excluding ortho intramolecular Hbond substituents is 2. The Balaban J connectivity index is 1.54. The average Bonchev–Trinajstić information content (AvgIpc) is 2.91. The van der Waals surface area contributed by atoms with E-state index in [2.05, 4.69) is 0 Å². The summed E-state index contributed by atoms with van der Waals surface area (Å²) in [4.78, 5) is 25.7. The number of esters is 1. The zero-order chi connectivity index (χ0) is 27.4. The van der Waals surface area contributed by atoms with E-state index in [9.17, 15) is 24.9 Å². The predicted octanol–water partition coefficient (Wildman–Crippen LogP) is 5.75. The minimum absolute atomic E-state index is 0.0273. The second-order valence-corrected chi connectivity index (χ2v) is 9.97. The van der Waals surface area contributed by atoms with Crippen LogP contribution in [0.1, 0.15) is 65.1 Å². The van der Waals surface area contributed by atoms with E-state index in [0.29, 0.717) is 19.3 Å². The zero-order valence-electron chi connectivity index (χ0n) is 21.3. The van der Waals surface area contributed by atoms with E-state index >= 15 is 0 Å². The Labute approximate surface area is 226 Å². The van der Waals surface area contributed by atoms with Gasteiger partial charge in [0.2, 0.25) is 0 Å². The molecule has 3 atom stereocenters. The van der Waals surface area contributed by atoms with Gasteiger partial charge < -0.3 is 24.8 Å². The van der Waals surface area contributed by atoms with Crippen LogP contribution in [-0.2, 0) is 9.53 Å². The van der Waals surface area contributed by atoms with E-state index in [-0.39, 0.29) is 29.7 Å². The maximum atomic E-state index is 13.1. The number of rotatable bonds is 5. The third-order valence-electron chi connectivity index (χ3n) is 7.09. The first-order chi connectivity index (χ1) is 18.8. The van der Waals surface area contributed by atoms with Crippen molar-refractivity contribution < 1.29 is 34.4 Å². The van der Waals surface area contributed by atoms with E-state index < -0.39 is 41.1 Å². The first-order valence-corrected chi connectivity index (χ1v) is 13.0. The van der Waals surface area contributed by atoms with Gasteiger partial charge in [-0.3, -0.25) is 9.59 Å². The minimum Gasteiger partial charge on any atom is -0.507 e. The summed E-state index contributed by atoms with van der Waals surface area (Å²) in [6.45, 7) is 0. The number of allylic oxidation sites excluding steroid dienone is 1. The standard InChI is InChI=1S/C32H30O7/c33-25(15-14-21-8-3-1-4-9-21)30-26(34)19-27-29(31(30)36)23-18-24(12-7-13-28(35)38-27)39-32(37,20-23)17-16-22-10-5-2-6-11-22/h1-6,8-11,14-17,19,23-24,34,36-37H,7,12-13,18,20H2/b15-14+,17-16+/t23-,24-,32?/m1/s1. The molecule has 0 radical (unpaired) electrons. The highest BCUT2D eigenvalue weighted by atomic mass is 16.6. The van der Waals surface area contributed by atoms with Gasteiger partial charge in [-0.2, -0.15) is 0 Å². The molecule has 0 aliphatic carbocycles. The molecular formula is C32H30O7. The number of benzene rings is 3. The highest BCUT2D eigenvalue weighted by Gasteiger charge is 2.42. The lowest BCUT2D eigenvalue weighted by atomic mass is 9.80. The average molecular weight is 527 g/mol. The fourth-order valence-corrected chi connectivity index (χ4v) is 5.27. The lowest BCUT2D eigenvalue weighted by molar-refractivity contribution is -0.227. The van der Waals surface area contributed by atoms with Crippen LogP contribution in [0.4, 0.5) is 0 Å². The molecule has 7 heteroatoms. The van der Waals surface area contributed by atoms with Gasteiger partial charge in [-0.25, -0.2) is 0 Å². The quantitative estimate of drug-likeness (QED) is 0.168. The van der Waals surface area contributed by atoms with Crippen molar-refractivity contribution in [2.75, 3.05) is 0 Å². The smallest absolute Gasteiger partial charge is 0.311 e. The molecule has 0 spiro atoms. The number of hydrogen-bond acceptors (Lipinski definition) is 7. The summed E-state index contributed by atoms with van der Waals surface area (Å²) in [7, 11) is 0. The summed E-state index contributed by atoms with van der Waals surface area (Å²) in [6, 6.07) is 19.9. The summed E-state index contributed by atoms with van der Waals surface area (Å²) in [6.07, 6.45) is 7.38. The number of carbonyl (C=O) groups is 2. The van der Waals surface area contributed by atoms with Crippen molar-refractivity contribution in [3.05, 3.63) is 101 Å². The molecule has 1 saturated heterocycles. The molecule has 2 aliphatic rings. The van der Waals surface area contributed by atoms with Gasteiger partial charge in [0.15, 0.2) is 11.6 Å². The van der Waals surface area contributed by atoms with Crippen LogP contribution in [0, 0.1) is 0 Å². The van der Waals surface area contributed by atoms with Crippen molar-refractivity contribution in [3.8, 4) is 17.2 Å². The van der Waals surface area contributed by atoms with Crippen LogP contribution in [-0.4, -0.2) is 39.0 Å². The maximum absolute atomic E-state index is 13.1. The van der Waals surface area contributed by atoms with Crippen molar-refractivity contribution in [1.82, 2.24) is 0 Å². The molecular weight excluding hydrogens is 496 g/mol. The highest BCUT2D eigenvalue weighted by molar-refractivity contribution is 6.11. The minimum atomic E-state index is -1.66. The molecule has 3 N–H and O–H groups in total. The van der Waals surface area contributed by atoms with Gasteiger partial charge in [-0.15, -0.1) is 0 Å². The first kappa shape index (κ1) is 26.4. The normalized spacial score (nSPS) is 23.4. The fourth-order valence-electron chi connectivity index (χ4n) is 5.27. The molecule has 0 aromatic heterocycles. The lowest BCUT2D eigenvalue weighted by Crippen LogP contribution is -2.42. The van der Waals surface area contributed by atoms with Crippen LogP contribution < -0.4 is 4.74 Å². The van der Waals surface area contributed by atoms with Crippen molar-refractivity contribution in [2.45, 2.75) is 49.9 Å². The summed E-state index contributed by atoms with van der Waals surface area (Å²) < 4.78 is 11.6. The molecule has 200 valence electrons. The molecule has 1 unspecified atom stereocenters. The van der Waals surface area contributed by atoms with Gasteiger partial charge in [-0.1, -0.05) is 72.8 Å². The largest absolute Gasteiger partial charge is 0.507 e. The maximum Gasteiger partial charge on any atom is 0.311 e. The monoisotopic (exact) mass is 526 g/mol. The fraction of sp³-hybridized carbons (Fsp3) is 0.250. The van der Waals surface area contributed by atoms with Crippen LogP contribution in [0.3, 0.4) is 0 Å². The Kier molecular flexibility index (Phi) is 7.63. The van der Waals surface area contributed by atoms with Gasteiger partial charge in [0.1, 0.15) is 22.8 Å². The molecule has 3 aromatic rings. The Morgan fingerprint density at radius 3 is 2.33 bits per heavy atom. The molecule has 3 aromatic carbocycles. The van der Waals surface area contributed by atoms with Gasteiger partial charge in [-0.05, 0) is 48.5 Å². The van der Waals surface area contributed by atoms with Crippen molar-refractivity contribution >= 4 is 23.9 Å². The topological polar surface area (TPSA) is 113 Å². The molecule has 2 aliphatic heterocycles. The Bertz CT molecular complexity index is 1410. The van der Waals surface area contributed by atoms with Crippen LogP contribution in [0.2, 0.25) is 0 Å². The number of phenols is 2. The van der Waals surface area contributed by atoms with Gasteiger partial charge in [0.05, 0.1) is 6.10 Å². The summed E-state index contributed by atoms with van der Waals surface area (Å²) in [5, 5.41) is 33.6. The molecule has 1 fully saturated rings. The summed E-state index contributed by atoms with van der Waals surface area (Å²) >= 11 is 0. The van der Waals surface area contributed by atoms with E-state index in [0.717, 1.165) is 11.1 Å². The Morgan fingerprint density at radius 2 is 1.64 bits per heavy atom. The second-order valence-electron chi connectivity index (χ2n) is 9.97. The third kappa shape index (κ3) is 6.11. The van der Waals surface area contributed by atoms with Crippen molar-refractivity contribution in [2.24, 2.45) is 0 Å². The van der Waals surface area contributed by atoms with Gasteiger partial charge >= 0.3 is 5.97 Å². The number of aliphatic hydroxyl groups is 1. The van der Waals surface area contributed by atoms with Crippen LogP contribution in [0.5, 0.6) is 17.2 Å². The molecule has 5 rings (SSSR count). The number of aromatic hydroxyl groups is 2. The number of carbonyl (C=O) groups excluding carboxylic acids is 2. The van der Waals surface area contributed by atoms with Crippen LogP contribution in [0.25, 0.3) is 12.2 Å². The van der Waals surface area contributed by atoms with Gasteiger partial charge in [0.25, 0.3) is 0 Å². The Morgan fingerprint density at radius 1 is 0.974 bits per heavy atom. The van der Waals surface area contributed by atoms with Crippen LogP contribution in [0.15, 0.2) is 78.9 Å². The summed E-state index contributed by atoms with van der Waals surface area (Å²) in [5.41, 5.74) is 1.56. The third-order valence-corrected chi connectivity index (χ3v) is 7.09. The molecule has 0 saturated carbocycles. The number of ether oxygens (including phenoxy) is 2. The van der Waals surface area contributed by atoms with E-state index in [1.165, 1.54) is 12.1 Å². The van der Waals surface area contributed by atoms with E-state index in [4.69, 9.17) is 9.47 Å². The molecule has 39 heavy (non-hydrogen) atoms. The molecule has 2 heterocycles. The Hall–Kier alpha value is -4.20. The SMILES string of the molecule is O=C1CCC[C@@H]2C[C@H](CC(O)(/C=C/c3ccccc3)O2)c2c(cc(O)c(C(=O)/C=C/c3ccccc3)c2O)O1. The van der Waals surface area contributed by atoms with Gasteiger partial charge in [0, 0.05) is 24.5 Å². The highest BCUT2D eigenvalue weighted by Crippen LogP contribution is 2.50. The lowest BCUT2D eigenvalue weighted by Gasteiger charge is -2.41. The summed E-state index contributed by atoms with van der Waals surface area (Å²) in [5.74, 6) is -4.31. The van der Waals surface area contributed by atoms with Crippen molar-refractivity contribution in [3.63, 3.8) is 0 Å². The predicted molar refractivity (Wildman–Crippen MR) is 146 cm³/mol. The van der Waals surface area contributed by atoms with Crippen LogP contribution >= 0.6 is 0 Å². The van der Waals surface area contributed by atoms with E-state index in [1.54, 1.807) is 18.2 Å². The number of ketones is 1. The first-order valence-electron chi connectivity index (χ1n) is 13.0. The molecule has 2 bridgehead atoms. The van der Waals surface area contributed by atoms with E-state index in [1.807, 2.05) is 60.7 Å². The zero-order valence-corrected chi connectivity index (χ0v) is 21.3. The second kappa shape index (κ2) is 11.3. The molecule has 0 amide bonds. The number of fused-ring (bicyclic) bond motifs is 4. The number of hydrogen-bond donors (Lipinski definition) is 3. The molecule has 7 nitrogen and oxygen atoms in total. The van der Waals surface area contributed by atoms with Crippen molar-refractivity contribution in [1.29, 1.82) is 0 Å².